The number of benzene rings is 3. The average molecular weight is 449 g/mol. The van der Waals surface area contributed by atoms with Crippen molar-refractivity contribution in [3.63, 3.8) is 0 Å². The van der Waals surface area contributed by atoms with Crippen molar-refractivity contribution in [3.05, 3.63) is 90.0 Å². The van der Waals surface area contributed by atoms with Crippen LogP contribution in [-0.2, 0) is 12.4 Å². The molecule has 0 radical (unpaired) electrons. The highest BCUT2D eigenvalue weighted by Crippen LogP contribution is 2.40. The number of aromatic nitrogens is 1. The molecule has 1 aromatic heterocycles. The van der Waals surface area contributed by atoms with E-state index >= 15 is 0 Å². The van der Waals surface area contributed by atoms with Crippen molar-refractivity contribution in [2.24, 2.45) is 0 Å². The molecule has 0 fully saturated rings. The summed E-state index contributed by atoms with van der Waals surface area (Å²) in [6, 6.07) is 18.3. The molecule has 0 N–H and O–H groups in total. The number of hydrogen-bond donors (Lipinski definition) is 0. The van der Waals surface area contributed by atoms with E-state index in [1.807, 2.05) is 0 Å². The van der Waals surface area contributed by atoms with Crippen molar-refractivity contribution in [2.75, 3.05) is 0 Å². The third-order valence-corrected chi connectivity index (χ3v) is 5.56. The van der Waals surface area contributed by atoms with Crippen molar-refractivity contribution < 1.29 is 26.3 Å². The Bertz CT molecular complexity index is 1250. The minimum atomic E-state index is -4.52. The molecule has 0 saturated carbocycles. The van der Waals surface area contributed by atoms with Crippen LogP contribution in [0.15, 0.2) is 88.8 Å². The first kappa shape index (κ1) is 21.2. The standard InChI is InChI=1S/C23H13F6NS/c24-22(25,26)16-7-3-6-14(11-16)19-12-15-5-1-2-10-20(15)30-21(19)31-18-9-4-8-17(13-18)23(27,28)29/h1-13H. The minimum Gasteiger partial charge on any atom is -0.240 e. The van der Waals surface area contributed by atoms with E-state index in [4.69, 9.17) is 0 Å². The Balaban J connectivity index is 1.86. The minimum absolute atomic E-state index is 0.280. The molecule has 0 amide bonds. The quantitative estimate of drug-likeness (QED) is 0.293. The highest BCUT2D eigenvalue weighted by atomic mass is 32.2. The van der Waals surface area contributed by atoms with Crippen molar-refractivity contribution in [1.82, 2.24) is 4.98 Å². The summed E-state index contributed by atoms with van der Waals surface area (Å²) in [5.74, 6) is 0. The highest BCUT2D eigenvalue weighted by molar-refractivity contribution is 7.99. The Hall–Kier alpha value is -3.00. The number of nitrogens with zero attached hydrogens (tertiary/aromatic N) is 1. The van der Waals surface area contributed by atoms with Crippen LogP contribution in [0, 0.1) is 0 Å². The number of hydrogen-bond acceptors (Lipinski definition) is 2. The summed E-state index contributed by atoms with van der Waals surface area (Å²) in [5.41, 5.74) is -0.338. The molecule has 0 aliphatic rings. The van der Waals surface area contributed by atoms with E-state index in [0.29, 0.717) is 21.5 Å². The molecule has 0 unspecified atom stereocenters. The van der Waals surface area contributed by atoms with Crippen molar-refractivity contribution in [3.8, 4) is 11.1 Å². The lowest BCUT2D eigenvalue weighted by Gasteiger charge is -2.14. The van der Waals surface area contributed by atoms with Gasteiger partial charge >= 0.3 is 12.4 Å². The van der Waals surface area contributed by atoms with Gasteiger partial charge in [-0.25, -0.2) is 4.98 Å². The summed E-state index contributed by atoms with van der Waals surface area (Å²) in [7, 11) is 0. The molecule has 0 spiro atoms. The zero-order valence-corrected chi connectivity index (χ0v) is 16.4. The lowest BCUT2D eigenvalue weighted by Crippen LogP contribution is -2.05. The highest BCUT2D eigenvalue weighted by Gasteiger charge is 2.31. The van der Waals surface area contributed by atoms with Crippen LogP contribution in [0.25, 0.3) is 22.0 Å². The van der Waals surface area contributed by atoms with E-state index in [-0.39, 0.29) is 10.5 Å². The van der Waals surface area contributed by atoms with Crippen LogP contribution in [0.2, 0.25) is 0 Å². The third kappa shape index (κ3) is 4.69. The topological polar surface area (TPSA) is 12.9 Å². The molecule has 1 heterocycles. The summed E-state index contributed by atoms with van der Waals surface area (Å²) in [5, 5.41) is 1.03. The monoisotopic (exact) mass is 449 g/mol. The third-order valence-electron chi connectivity index (χ3n) is 4.57. The predicted octanol–water partition coefficient (Wildman–Crippen LogP) is 8.09. The fourth-order valence-electron chi connectivity index (χ4n) is 3.09. The van der Waals surface area contributed by atoms with Gasteiger partial charge in [-0.15, -0.1) is 0 Å². The van der Waals surface area contributed by atoms with Gasteiger partial charge in [-0.05, 0) is 48.0 Å². The summed E-state index contributed by atoms with van der Waals surface area (Å²) in [4.78, 5) is 4.81. The molecule has 1 nitrogen and oxygen atoms in total. The number of halogens is 6. The van der Waals surface area contributed by atoms with Crippen molar-refractivity contribution in [2.45, 2.75) is 22.3 Å². The fourth-order valence-corrected chi connectivity index (χ4v) is 4.08. The smallest absolute Gasteiger partial charge is 0.240 e. The van der Waals surface area contributed by atoms with Crippen molar-refractivity contribution >= 4 is 22.7 Å². The first-order chi connectivity index (χ1) is 14.6. The Labute approximate surface area is 177 Å². The van der Waals surface area contributed by atoms with Crippen LogP contribution in [-0.4, -0.2) is 4.98 Å². The SMILES string of the molecule is FC(F)(F)c1cccc(Sc2nc3ccccc3cc2-c2cccc(C(F)(F)F)c2)c1. The second-order valence-corrected chi connectivity index (χ2v) is 7.80. The zero-order chi connectivity index (χ0) is 22.2. The van der Waals surface area contributed by atoms with E-state index in [0.717, 1.165) is 36.0 Å². The maximum Gasteiger partial charge on any atom is 0.416 e. The van der Waals surface area contributed by atoms with Crippen molar-refractivity contribution in [1.29, 1.82) is 0 Å². The second kappa shape index (κ2) is 7.92. The fraction of sp³-hybridized carbons (Fsp3) is 0.0870. The van der Waals surface area contributed by atoms with Gasteiger partial charge < -0.3 is 0 Å². The van der Waals surface area contributed by atoms with E-state index in [1.165, 1.54) is 24.3 Å². The molecule has 0 atom stereocenters. The lowest BCUT2D eigenvalue weighted by molar-refractivity contribution is -0.138. The van der Waals surface area contributed by atoms with Gasteiger partial charge in [-0.1, -0.05) is 48.2 Å². The molecule has 31 heavy (non-hydrogen) atoms. The molecule has 4 rings (SSSR count). The summed E-state index contributed by atoms with van der Waals surface area (Å²) >= 11 is 0.975. The largest absolute Gasteiger partial charge is 0.416 e. The Morgan fingerprint density at radius 3 is 2.00 bits per heavy atom. The predicted molar refractivity (Wildman–Crippen MR) is 108 cm³/mol. The van der Waals surface area contributed by atoms with Gasteiger partial charge in [-0.3, -0.25) is 0 Å². The van der Waals surface area contributed by atoms with Gasteiger partial charge in [0, 0.05) is 15.8 Å². The van der Waals surface area contributed by atoms with E-state index in [2.05, 4.69) is 4.98 Å². The summed E-state index contributed by atoms with van der Waals surface area (Å²) in [6.07, 6.45) is -9.02. The molecule has 0 aliphatic carbocycles. The summed E-state index contributed by atoms with van der Waals surface area (Å²) < 4.78 is 78.9. The van der Waals surface area contributed by atoms with Gasteiger partial charge in [0.15, 0.2) is 0 Å². The molecule has 158 valence electrons. The van der Waals surface area contributed by atoms with Gasteiger partial charge in [0.2, 0.25) is 0 Å². The molecule has 0 aliphatic heterocycles. The Morgan fingerprint density at radius 1 is 0.645 bits per heavy atom. The van der Waals surface area contributed by atoms with Crippen LogP contribution in [0.1, 0.15) is 11.1 Å². The van der Waals surface area contributed by atoms with Crippen LogP contribution in [0.5, 0.6) is 0 Å². The van der Waals surface area contributed by atoms with Gasteiger partial charge in [0.25, 0.3) is 0 Å². The van der Waals surface area contributed by atoms with Crippen LogP contribution in [0.4, 0.5) is 26.3 Å². The number of fused-ring (bicyclic) bond motifs is 1. The first-order valence-electron chi connectivity index (χ1n) is 9.04. The van der Waals surface area contributed by atoms with E-state index in [1.54, 1.807) is 30.3 Å². The van der Waals surface area contributed by atoms with Crippen LogP contribution in [0.3, 0.4) is 0 Å². The van der Waals surface area contributed by atoms with Gasteiger partial charge in [0.05, 0.1) is 16.6 Å². The number of alkyl halides is 6. The molecule has 0 bridgehead atoms. The maximum absolute atomic E-state index is 13.2. The van der Waals surface area contributed by atoms with Gasteiger partial charge in [0.1, 0.15) is 5.03 Å². The molecule has 3 aromatic carbocycles. The lowest BCUT2D eigenvalue weighted by atomic mass is 10.0. The van der Waals surface area contributed by atoms with E-state index < -0.39 is 23.5 Å². The number of pyridine rings is 1. The molecular formula is C23H13F6NS. The Kier molecular flexibility index (Phi) is 5.43. The molecule has 0 saturated heterocycles. The zero-order valence-electron chi connectivity index (χ0n) is 15.6. The average Bonchev–Trinajstić information content (AvgIpc) is 2.72. The number of para-hydroxylation sites is 1. The van der Waals surface area contributed by atoms with E-state index in [9.17, 15) is 26.3 Å². The normalized spacial score (nSPS) is 12.3. The molecule has 8 heteroatoms. The molecular weight excluding hydrogens is 436 g/mol. The number of rotatable bonds is 3. The maximum atomic E-state index is 13.2. The van der Waals surface area contributed by atoms with Gasteiger partial charge in [-0.2, -0.15) is 26.3 Å². The second-order valence-electron chi connectivity index (χ2n) is 6.74. The Morgan fingerprint density at radius 2 is 1.29 bits per heavy atom. The van der Waals surface area contributed by atoms with Crippen LogP contribution >= 0.6 is 11.8 Å². The first-order valence-corrected chi connectivity index (χ1v) is 9.85. The molecule has 4 aromatic rings. The van der Waals surface area contributed by atoms with Crippen LogP contribution < -0.4 is 0 Å². The summed E-state index contributed by atoms with van der Waals surface area (Å²) in [6.45, 7) is 0.